The minimum Gasteiger partial charge on any atom is -0.493 e. The Hall–Kier alpha value is -1.42. The van der Waals surface area contributed by atoms with Crippen molar-refractivity contribution in [1.29, 1.82) is 0 Å². The van der Waals surface area contributed by atoms with E-state index in [0.29, 0.717) is 40.5 Å². The molecule has 1 fully saturated rings. The Morgan fingerprint density at radius 2 is 2.00 bits per heavy atom. The maximum absolute atomic E-state index is 12.7. The van der Waals surface area contributed by atoms with Gasteiger partial charge in [0, 0.05) is 18.7 Å². The van der Waals surface area contributed by atoms with Crippen molar-refractivity contribution in [3.8, 4) is 11.5 Å². The zero-order chi connectivity index (χ0) is 17.9. The molecule has 0 heterocycles. The predicted octanol–water partition coefficient (Wildman–Crippen LogP) is 4.64. The second-order valence-electron chi connectivity index (χ2n) is 7.01. The molecule has 1 aliphatic carbocycles. The van der Waals surface area contributed by atoms with Gasteiger partial charge in [-0.05, 0) is 50.2 Å². The van der Waals surface area contributed by atoms with Gasteiger partial charge in [-0.15, -0.1) is 0 Å². The largest absolute Gasteiger partial charge is 0.493 e. The van der Waals surface area contributed by atoms with E-state index >= 15 is 0 Å². The highest BCUT2D eigenvalue weighted by Crippen LogP contribution is 2.38. The molecule has 0 radical (unpaired) electrons. The average molecular weight is 354 g/mol. The average Bonchev–Trinajstić information content (AvgIpc) is 3.38. The van der Waals surface area contributed by atoms with Crippen LogP contribution in [0, 0.1) is 11.8 Å². The fraction of sp³-hybridized carbons (Fsp3) is 0.632. The maximum atomic E-state index is 12.7. The van der Waals surface area contributed by atoms with E-state index in [1.807, 2.05) is 7.05 Å². The minimum absolute atomic E-state index is 0.0386. The van der Waals surface area contributed by atoms with Gasteiger partial charge < -0.3 is 14.4 Å². The quantitative estimate of drug-likeness (QED) is 0.683. The molecule has 1 atom stereocenters. The number of rotatable bonds is 8. The summed E-state index contributed by atoms with van der Waals surface area (Å²) in [5, 5.41) is 0.411. The van der Waals surface area contributed by atoms with Crippen LogP contribution in [0.15, 0.2) is 12.1 Å². The number of halogens is 1. The van der Waals surface area contributed by atoms with Crippen LogP contribution in [0.5, 0.6) is 11.5 Å². The van der Waals surface area contributed by atoms with Gasteiger partial charge in [0.15, 0.2) is 11.5 Å². The molecule has 1 saturated carbocycles. The lowest BCUT2D eigenvalue weighted by atomic mass is 10.1. The highest BCUT2D eigenvalue weighted by atomic mass is 35.5. The first kappa shape index (κ1) is 18.9. The van der Waals surface area contributed by atoms with Gasteiger partial charge in [-0.3, -0.25) is 4.79 Å². The first-order valence-electron chi connectivity index (χ1n) is 8.62. The summed E-state index contributed by atoms with van der Waals surface area (Å²) in [5.41, 5.74) is 0.531. The van der Waals surface area contributed by atoms with E-state index < -0.39 is 0 Å². The first-order valence-corrected chi connectivity index (χ1v) is 9.00. The van der Waals surface area contributed by atoms with Crippen LogP contribution in [0.4, 0.5) is 0 Å². The Bertz CT molecular complexity index is 584. The van der Waals surface area contributed by atoms with Gasteiger partial charge in [-0.2, -0.15) is 0 Å². The summed E-state index contributed by atoms with van der Waals surface area (Å²) in [6.45, 7) is 6.94. The van der Waals surface area contributed by atoms with Crippen molar-refractivity contribution in [3.63, 3.8) is 0 Å². The highest BCUT2D eigenvalue weighted by molar-refractivity contribution is 6.32. The number of benzene rings is 1. The zero-order valence-electron chi connectivity index (χ0n) is 15.3. The van der Waals surface area contributed by atoms with Gasteiger partial charge in [-0.25, -0.2) is 0 Å². The molecule has 1 aromatic carbocycles. The number of methoxy groups -OCH3 is 1. The Balaban J connectivity index is 2.16. The summed E-state index contributed by atoms with van der Waals surface area (Å²) in [4.78, 5) is 14.5. The SMILES string of the molecule is COc1cc(C(=O)N(C)C(C)C2CC2)cc(Cl)c1OCCC(C)C. The normalized spacial score (nSPS) is 15.3. The summed E-state index contributed by atoms with van der Waals surface area (Å²) in [7, 11) is 3.41. The predicted molar refractivity (Wildman–Crippen MR) is 97.2 cm³/mol. The standard InChI is InChI=1S/C19H28ClNO3/c1-12(2)8-9-24-18-16(20)10-15(11-17(18)23-5)19(22)21(4)13(3)14-6-7-14/h10-14H,6-9H2,1-5H3. The molecular formula is C19H28ClNO3. The fourth-order valence-electron chi connectivity index (χ4n) is 2.66. The second kappa shape index (κ2) is 8.11. The molecule has 24 heavy (non-hydrogen) atoms. The van der Waals surface area contributed by atoms with Crippen molar-refractivity contribution in [2.45, 2.75) is 46.1 Å². The van der Waals surface area contributed by atoms with E-state index in [1.165, 1.54) is 12.8 Å². The molecule has 1 unspecified atom stereocenters. The number of hydrogen-bond donors (Lipinski definition) is 0. The van der Waals surface area contributed by atoms with Crippen LogP contribution in [0.1, 0.15) is 50.4 Å². The first-order chi connectivity index (χ1) is 11.3. The van der Waals surface area contributed by atoms with Crippen LogP contribution in [0.25, 0.3) is 0 Å². The molecule has 0 aliphatic heterocycles. The molecule has 4 nitrogen and oxygen atoms in total. The summed E-state index contributed by atoms with van der Waals surface area (Å²) < 4.78 is 11.2. The molecule has 0 N–H and O–H groups in total. The summed E-state index contributed by atoms with van der Waals surface area (Å²) >= 11 is 6.36. The molecule has 1 aromatic rings. The van der Waals surface area contributed by atoms with Crippen LogP contribution < -0.4 is 9.47 Å². The van der Waals surface area contributed by atoms with E-state index in [1.54, 1.807) is 24.1 Å². The van der Waals surface area contributed by atoms with Gasteiger partial charge in [0.05, 0.1) is 18.7 Å². The lowest BCUT2D eigenvalue weighted by Crippen LogP contribution is -2.36. The molecule has 0 aromatic heterocycles. The van der Waals surface area contributed by atoms with Crippen molar-refractivity contribution in [3.05, 3.63) is 22.7 Å². The van der Waals surface area contributed by atoms with Gasteiger partial charge in [0.1, 0.15) is 0 Å². The van der Waals surface area contributed by atoms with Crippen LogP contribution in [-0.4, -0.2) is 37.6 Å². The molecule has 0 bridgehead atoms. The smallest absolute Gasteiger partial charge is 0.254 e. The van der Waals surface area contributed by atoms with Crippen molar-refractivity contribution in [2.24, 2.45) is 11.8 Å². The lowest BCUT2D eigenvalue weighted by molar-refractivity contribution is 0.0727. The number of amides is 1. The van der Waals surface area contributed by atoms with Crippen LogP contribution in [0.2, 0.25) is 5.02 Å². The second-order valence-corrected chi connectivity index (χ2v) is 7.42. The monoisotopic (exact) mass is 353 g/mol. The Morgan fingerprint density at radius 1 is 1.33 bits per heavy atom. The fourth-order valence-corrected chi connectivity index (χ4v) is 2.93. The molecular weight excluding hydrogens is 326 g/mol. The van der Waals surface area contributed by atoms with Crippen LogP contribution >= 0.6 is 11.6 Å². The van der Waals surface area contributed by atoms with Crippen molar-refractivity contribution >= 4 is 17.5 Å². The molecule has 1 amide bonds. The third kappa shape index (κ3) is 4.56. The van der Waals surface area contributed by atoms with Crippen LogP contribution in [-0.2, 0) is 0 Å². The van der Waals surface area contributed by atoms with E-state index in [9.17, 15) is 4.79 Å². The topological polar surface area (TPSA) is 38.8 Å². The molecule has 0 spiro atoms. The lowest BCUT2D eigenvalue weighted by Gasteiger charge is -2.25. The van der Waals surface area contributed by atoms with Gasteiger partial charge in [0.2, 0.25) is 0 Å². The number of hydrogen-bond acceptors (Lipinski definition) is 3. The molecule has 134 valence electrons. The van der Waals surface area contributed by atoms with E-state index in [-0.39, 0.29) is 11.9 Å². The number of ether oxygens (including phenoxy) is 2. The van der Waals surface area contributed by atoms with Gasteiger partial charge >= 0.3 is 0 Å². The van der Waals surface area contributed by atoms with E-state index in [4.69, 9.17) is 21.1 Å². The van der Waals surface area contributed by atoms with E-state index in [2.05, 4.69) is 20.8 Å². The third-order valence-electron chi connectivity index (χ3n) is 4.65. The summed E-state index contributed by atoms with van der Waals surface area (Å²) in [6, 6.07) is 3.63. The maximum Gasteiger partial charge on any atom is 0.254 e. The highest BCUT2D eigenvalue weighted by Gasteiger charge is 2.33. The number of nitrogens with zero attached hydrogens (tertiary/aromatic N) is 1. The zero-order valence-corrected chi connectivity index (χ0v) is 16.0. The summed E-state index contributed by atoms with van der Waals surface area (Å²) in [5.74, 6) is 2.14. The van der Waals surface area contributed by atoms with Crippen LogP contribution in [0.3, 0.4) is 0 Å². The summed E-state index contributed by atoms with van der Waals surface area (Å²) in [6.07, 6.45) is 3.33. The third-order valence-corrected chi connectivity index (χ3v) is 4.93. The van der Waals surface area contributed by atoms with Crippen molar-refractivity contribution < 1.29 is 14.3 Å². The van der Waals surface area contributed by atoms with Gasteiger partial charge in [-0.1, -0.05) is 25.4 Å². The van der Waals surface area contributed by atoms with Gasteiger partial charge in [0.25, 0.3) is 5.91 Å². The van der Waals surface area contributed by atoms with Crippen molar-refractivity contribution in [1.82, 2.24) is 4.90 Å². The minimum atomic E-state index is -0.0386. The molecule has 0 saturated heterocycles. The number of carbonyl (C=O) groups excluding carboxylic acids is 1. The molecule has 2 rings (SSSR count). The Kier molecular flexibility index (Phi) is 6.39. The Morgan fingerprint density at radius 3 is 2.54 bits per heavy atom. The Labute approximate surface area is 150 Å². The van der Waals surface area contributed by atoms with Crippen molar-refractivity contribution in [2.75, 3.05) is 20.8 Å². The number of carbonyl (C=O) groups is 1. The molecule has 1 aliphatic rings. The molecule has 5 heteroatoms. The van der Waals surface area contributed by atoms with E-state index in [0.717, 1.165) is 6.42 Å².